The first kappa shape index (κ1) is 9.40. The normalized spacial score (nSPS) is 34.6. The highest BCUT2D eigenvalue weighted by Crippen LogP contribution is 2.48. The fraction of sp³-hybridized carbons (Fsp3) is 0.600. The van der Waals surface area contributed by atoms with Crippen molar-refractivity contribution in [2.75, 3.05) is 21.3 Å². The molecule has 0 aromatic carbocycles. The third-order valence-corrected chi connectivity index (χ3v) is 2.58. The number of epoxide rings is 1. The standard InChI is InChI=1S/C10H14O4/c1-10-5-6(11-2)7(12-3)8(13-4)9(10)14-10/h5,9H,1-4H3. The average Bonchev–Trinajstić information content (AvgIpc) is 2.86. The van der Waals surface area contributed by atoms with Gasteiger partial charge in [-0.25, -0.2) is 0 Å². The van der Waals surface area contributed by atoms with Gasteiger partial charge in [0, 0.05) is 0 Å². The van der Waals surface area contributed by atoms with Crippen LogP contribution in [0.5, 0.6) is 0 Å². The van der Waals surface area contributed by atoms with Crippen molar-refractivity contribution in [2.24, 2.45) is 0 Å². The molecule has 14 heavy (non-hydrogen) atoms. The minimum atomic E-state index is -0.279. The molecule has 0 saturated carbocycles. The molecule has 1 fully saturated rings. The highest BCUT2D eigenvalue weighted by atomic mass is 16.6. The summed E-state index contributed by atoms with van der Waals surface area (Å²) in [6.45, 7) is 1.99. The van der Waals surface area contributed by atoms with Crippen molar-refractivity contribution in [3.05, 3.63) is 23.4 Å². The Kier molecular flexibility index (Phi) is 1.96. The molecule has 0 spiro atoms. The van der Waals surface area contributed by atoms with Gasteiger partial charge < -0.3 is 18.9 Å². The molecular formula is C10H14O4. The summed E-state index contributed by atoms with van der Waals surface area (Å²) in [5.74, 6) is 1.99. The smallest absolute Gasteiger partial charge is 0.201 e. The van der Waals surface area contributed by atoms with Crippen LogP contribution < -0.4 is 0 Å². The lowest BCUT2D eigenvalue weighted by Gasteiger charge is -2.18. The van der Waals surface area contributed by atoms with E-state index in [0.717, 1.165) is 0 Å². The molecule has 4 heteroatoms. The number of ether oxygens (including phenoxy) is 4. The fourth-order valence-corrected chi connectivity index (χ4v) is 1.76. The van der Waals surface area contributed by atoms with Crippen molar-refractivity contribution >= 4 is 0 Å². The Morgan fingerprint density at radius 3 is 2.43 bits per heavy atom. The lowest BCUT2D eigenvalue weighted by Crippen LogP contribution is -2.19. The first-order valence-electron chi connectivity index (χ1n) is 4.43. The highest BCUT2D eigenvalue weighted by Gasteiger charge is 2.58. The van der Waals surface area contributed by atoms with Gasteiger partial charge in [-0.1, -0.05) is 0 Å². The quantitative estimate of drug-likeness (QED) is 0.639. The van der Waals surface area contributed by atoms with Gasteiger partial charge in [0.1, 0.15) is 5.60 Å². The topological polar surface area (TPSA) is 40.2 Å². The molecule has 0 aromatic rings. The second-order valence-corrected chi connectivity index (χ2v) is 3.50. The van der Waals surface area contributed by atoms with E-state index in [0.29, 0.717) is 17.3 Å². The lowest BCUT2D eigenvalue weighted by atomic mass is 9.99. The molecule has 1 saturated heterocycles. The van der Waals surface area contributed by atoms with E-state index in [1.807, 2.05) is 13.0 Å². The van der Waals surface area contributed by atoms with Crippen molar-refractivity contribution in [3.8, 4) is 0 Å². The molecule has 2 atom stereocenters. The Labute approximate surface area is 83.1 Å². The summed E-state index contributed by atoms with van der Waals surface area (Å²) < 4.78 is 21.2. The first-order valence-corrected chi connectivity index (χ1v) is 4.43. The van der Waals surface area contributed by atoms with Crippen LogP contribution in [0, 0.1) is 0 Å². The van der Waals surface area contributed by atoms with Crippen molar-refractivity contribution in [1.82, 2.24) is 0 Å². The largest absolute Gasteiger partial charge is 0.494 e. The van der Waals surface area contributed by atoms with E-state index < -0.39 is 0 Å². The summed E-state index contributed by atoms with van der Waals surface area (Å²) in [7, 11) is 4.80. The number of fused-ring (bicyclic) bond motifs is 1. The van der Waals surface area contributed by atoms with Gasteiger partial charge in [-0.3, -0.25) is 0 Å². The van der Waals surface area contributed by atoms with Crippen LogP contribution in [0.4, 0.5) is 0 Å². The number of methoxy groups -OCH3 is 3. The molecule has 2 unspecified atom stereocenters. The summed E-state index contributed by atoms with van der Waals surface area (Å²) in [6, 6.07) is 0. The van der Waals surface area contributed by atoms with Gasteiger partial charge in [0.25, 0.3) is 0 Å². The van der Waals surface area contributed by atoms with E-state index in [1.165, 1.54) is 0 Å². The number of hydrogen-bond acceptors (Lipinski definition) is 4. The van der Waals surface area contributed by atoms with E-state index in [4.69, 9.17) is 18.9 Å². The van der Waals surface area contributed by atoms with Gasteiger partial charge >= 0.3 is 0 Å². The second kappa shape index (κ2) is 2.92. The van der Waals surface area contributed by atoms with Gasteiger partial charge in [-0.15, -0.1) is 0 Å². The zero-order valence-electron chi connectivity index (χ0n) is 8.79. The van der Waals surface area contributed by atoms with Crippen molar-refractivity contribution < 1.29 is 18.9 Å². The first-order chi connectivity index (χ1) is 6.66. The lowest BCUT2D eigenvalue weighted by molar-refractivity contribution is 0.171. The van der Waals surface area contributed by atoms with Gasteiger partial charge in [0.2, 0.25) is 5.76 Å². The molecule has 0 amide bonds. The summed E-state index contributed by atoms with van der Waals surface area (Å²) in [6.07, 6.45) is 1.89. The van der Waals surface area contributed by atoms with Crippen LogP contribution in [-0.2, 0) is 18.9 Å². The molecule has 2 rings (SSSR count). The van der Waals surface area contributed by atoms with Crippen LogP contribution in [0.15, 0.2) is 23.4 Å². The summed E-state index contributed by atoms with van der Waals surface area (Å²) in [5.41, 5.74) is -0.279. The van der Waals surface area contributed by atoms with Crippen LogP contribution in [0.25, 0.3) is 0 Å². The van der Waals surface area contributed by atoms with Crippen LogP contribution in [0.1, 0.15) is 6.92 Å². The molecule has 1 aliphatic carbocycles. The maximum atomic E-state index is 5.51. The van der Waals surface area contributed by atoms with Gasteiger partial charge in [0.05, 0.1) is 21.3 Å². The highest BCUT2D eigenvalue weighted by molar-refractivity contribution is 5.41. The monoisotopic (exact) mass is 198 g/mol. The molecule has 0 bridgehead atoms. The summed E-state index contributed by atoms with van der Waals surface area (Å²) in [5, 5.41) is 0. The van der Waals surface area contributed by atoms with Crippen LogP contribution >= 0.6 is 0 Å². The molecule has 4 nitrogen and oxygen atoms in total. The minimum absolute atomic E-state index is 0.0265. The number of rotatable bonds is 3. The third kappa shape index (κ3) is 1.10. The average molecular weight is 198 g/mol. The van der Waals surface area contributed by atoms with Crippen LogP contribution in [0.3, 0.4) is 0 Å². The van der Waals surface area contributed by atoms with Gasteiger partial charge in [-0.2, -0.15) is 0 Å². The van der Waals surface area contributed by atoms with Crippen LogP contribution in [-0.4, -0.2) is 33.0 Å². The molecule has 78 valence electrons. The Morgan fingerprint density at radius 1 is 1.21 bits per heavy atom. The zero-order chi connectivity index (χ0) is 10.3. The Hall–Kier alpha value is -1.16. The molecule has 0 aromatic heterocycles. The predicted octanol–water partition coefficient (Wildman–Crippen LogP) is 1.19. The van der Waals surface area contributed by atoms with Crippen LogP contribution in [0.2, 0.25) is 0 Å². The van der Waals surface area contributed by atoms with E-state index >= 15 is 0 Å². The fourth-order valence-electron chi connectivity index (χ4n) is 1.76. The second-order valence-electron chi connectivity index (χ2n) is 3.50. The molecular weight excluding hydrogens is 184 g/mol. The predicted molar refractivity (Wildman–Crippen MR) is 49.4 cm³/mol. The van der Waals surface area contributed by atoms with E-state index in [1.54, 1.807) is 21.3 Å². The molecule has 0 radical (unpaired) electrons. The molecule has 1 heterocycles. The minimum Gasteiger partial charge on any atom is -0.494 e. The van der Waals surface area contributed by atoms with Crippen molar-refractivity contribution in [1.29, 1.82) is 0 Å². The van der Waals surface area contributed by atoms with Gasteiger partial charge in [0.15, 0.2) is 17.6 Å². The van der Waals surface area contributed by atoms with E-state index in [2.05, 4.69) is 0 Å². The Balaban J connectivity index is 2.40. The maximum absolute atomic E-state index is 5.51. The Bertz CT molecular complexity index is 318. The molecule has 1 aliphatic heterocycles. The molecule has 2 aliphatic rings. The van der Waals surface area contributed by atoms with E-state index in [9.17, 15) is 0 Å². The molecule has 0 N–H and O–H groups in total. The zero-order valence-corrected chi connectivity index (χ0v) is 8.79. The number of hydrogen-bond donors (Lipinski definition) is 0. The third-order valence-electron chi connectivity index (χ3n) is 2.58. The summed E-state index contributed by atoms with van der Waals surface area (Å²) >= 11 is 0. The maximum Gasteiger partial charge on any atom is 0.201 e. The Morgan fingerprint density at radius 2 is 1.93 bits per heavy atom. The van der Waals surface area contributed by atoms with Crippen molar-refractivity contribution in [3.63, 3.8) is 0 Å². The van der Waals surface area contributed by atoms with E-state index in [-0.39, 0.29) is 11.7 Å². The van der Waals surface area contributed by atoms with Crippen molar-refractivity contribution in [2.45, 2.75) is 18.6 Å². The van der Waals surface area contributed by atoms with Gasteiger partial charge in [-0.05, 0) is 13.0 Å². The SMILES string of the molecule is COC1=CC2(C)OC2C(OC)=C1OC. The summed E-state index contributed by atoms with van der Waals surface area (Å²) in [4.78, 5) is 0.